The van der Waals surface area contributed by atoms with Crippen LogP contribution in [-0.2, 0) is 10.0 Å². The molecule has 1 fully saturated rings. The fourth-order valence-corrected chi connectivity index (χ4v) is 5.81. The summed E-state index contributed by atoms with van der Waals surface area (Å²) in [5.41, 5.74) is 3.34. The molecular weight excluding hydrogens is 400 g/mol. The molecule has 1 saturated heterocycles. The molecule has 5 rings (SSSR count). The van der Waals surface area contributed by atoms with Crippen molar-refractivity contribution < 1.29 is 13.2 Å². The first-order valence-corrected chi connectivity index (χ1v) is 11.7. The minimum absolute atomic E-state index is 0.00941. The molecule has 7 nitrogen and oxygen atoms in total. The molecule has 8 heteroatoms. The van der Waals surface area contributed by atoms with E-state index in [4.69, 9.17) is 0 Å². The van der Waals surface area contributed by atoms with Crippen LogP contribution in [0.3, 0.4) is 0 Å². The number of hydrogen-bond donors (Lipinski definition) is 3. The quantitative estimate of drug-likeness (QED) is 0.589. The van der Waals surface area contributed by atoms with Crippen molar-refractivity contribution in [2.45, 2.75) is 30.8 Å². The lowest BCUT2D eigenvalue weighted by Gasteiger charge is -2.38. The zero-order chi connectivity index (χ0) is 20.9. The van der Waals surface area contributed by atoms with Gasteiger partial charge in [0.15, 0.2) is 0 Å². The summed E-state index contributed by atoms with van der Waals surface area (Å²) in [6, 6.07) is 14.9. The molecule has 0 spiro atoms. The number of aryl methyl sites for hydroxylation is 1. The van der Waals surface area contributed by atoms with Crippen LogP contribution in [0.2, 0.25) is 0 Å². The third-order valence-corrected chi connectivity index (χ3v) is 7.58. The van der Waals surface area contributed by atoms with Gasteiger partial charge in [-0.3, -0.25) is 4.79 Å². The first-order chi connectivity index (χ1) is 14.4. The number of nitrogens with zero attached hydrogens (tertiary/aromatic N) is 1. The number of likely N-dealkylation sites (tertiary alicyclic amines) is 1. The van der Waals surface area contributed by atoms with Gasteiger partial charge in [0, 0.05) is 24.0 Å². The van der Waals surface area contributed by atoms with Crippen molar-refractivity contribution in [3.05, 3.63) is 59.8 Å². The number of nitrogens with one attached hydrogen (secondary N) is 3. The average molecular weight is 425 g/mol. The molecule has 0 aliphatic carbocycles. The first-order valence-electron chi connectivity index (χ1n) is 10.2. The van der Waals surface area contributed by atoms with Crippen LogP contribution in [0.4, 0.5) is 5.69 Å². The number of fused-ring (bicyclic) bond motifs is 2. The maximum absolute atomic E-state index is 13.0. The Morgan fingerprint density at radius 3 is 2.63 bits per heavy atom. The van der Waals surface area contributed by atoms with E-state index in [9.17, 15) is 13.2 Å². The maximum Gasteiger partial charge on any atom is 0.270 e. The Hall–Kier alpha value is -2.84. The highest BCUT2D eigenvalue weighted by molar-refractivity contribution is 7.89. The zero-order valence-electron chi connectivity index (χ0n) is 16.7. The molecule has 3 N–H and O–H groups in total. The molecule has 30 heavy (non-hydrogen) atoms. The summed E-state index contributed by atoms with van der Waals surface area (Å²) < 4.78 is 27.9. The van der Waals surface area contributed by atoms with Gasteiger partial charge in [0.05, 0.1) is 11.9 Å². The van der Waals surface area contributed by atoms with Crippen molar-refractivity contribution in [3.63, 3.8) is 0 Å². The summed E-state index contributed by atoms with van der Waals surface area (Å²) in [6.45, 7) is 3.22. The largest absolute Gasteiger partial charge is 0.368 e. The van der Waals surface area contributed by atoms with E-state index in [1.165, 1.54) is 0 Å². The number of carbonyl (C=O) groups is 1. The smallest absolute Gasteiger partial charge is 0.270 e. The normalized spacial score (nSPS) is 21.2. The predicted octanol–water partition coefficient (Wildman–Crippen LogP) is 3.06. The van der Waals surface area contributed by atoms with Crippen LogP contribution in [0.1, 0.15) is 28.9 Å². The molecular formula is C22H24N4O3S. The molecule has 3 aromatic rings. The van der Waals surface area contributed by atoms with Gasteiger partial charge in [-0.15, -0.1) is 0 Å². The number of piperidine rings is 1. The average Bonchev–Trinajstić information content (AvgIpc) is 3.16. The number of carbonyl (C=O) groups excluding carboxylic acids is 1. The minimum atomic E-state index is -3.53. The summed E-state index contributed by atoms with van der Waals surface area (Å²) in [4.78, 5) is 18.3. The van der Waals surface area contributed by atoms with Crippen LogP contribution >= 0.6 is 0 Å². The third-order valence-electron chi connectivity index (χ3n) is 6.08. The number of aromatic amines is 1. The van der Waals surface area contributed by atoms with E-state index < -0.39 is 10.0 Å². The summed E-state index contributed by atoms with van der Waals surface area (Å²) in [5.74, 6) is 0.104. The van der Waals surface area contributed by atoms with Crippen molar-refractivity contribution in [2.24, 2.45) is 5.92 Å². The van der Waals surface area contributed by atoms with Gasteiger partial charge in [0.2, 0.25) is 10.0 Å². The minimum Gasteiger partial charge on any atom is -0.368 e. The van der Waals surface area contributed by atoms with Crippen molar-refractivity contribution in [2.75, 3.05) is 18.4 Å². The number of hydrogen-bond acceptors (Lipinski definition) is 4. The van der Waals surface area contributed by atoms with E-state index >= 15 is 0 Å². The van der Waals surface area contributed by atoms with Crippen LogP contribution in [0, 0.1) is 12.8 Å². The number of sulfonamides is 1. The molecule has 156 valence electrons. The van der Waals surface area contributed by atoms with E-state index in [-0.39, 0.29) is 22.9 Å². The molecule has 1 atom stereocenters. The highest BCUT2D eigenvalue weighted by atomic mass is 32.2. The summed E-state index contributed by atoms with van der Waals surface area (Å²) >= 11 is 0. The van der Waals surface area contributed by atoms with Gasteiger partial charge < -0.3 is 15.2 Å². The lowest BCUT2D eigenvalue weighted by atomic mass is 9.93. The number of anilines is 1. The fourth-order valence-electron chi connectivity index (χ4n) is 4.42. The first kappa shape index (κ1) is 19.1. The van der Waals surface area contributed by atoms with E-state index in [2.05, 4.69) is 15.0 Å². The Kier molecular flexibility index (Phi) is 4.56. The molecule has 0 radical (unpaired) electrons. The van der Waals surface area contributed by atoms with Crippen LogP contribution in [0.15, 0.2) is 53.4 Å². The third kappa shape index (κ3) is 3.36. The van der Waals surface area contributed by atoms with Gasteiger partial charge in [-0.2, -0.15) is 4.72 Å². The van der Waals surface area contributed by atoms with Crippen molar-refractivity contribution in [3.8, 4) is 0 Å². The number of aromatic nitrogens is 1. The molecule has 0 bridgehead atoms. The monoisotopic (exact) mass is 424 g/mol. The zero-order valence-corrected chi connectivity index (χ0v) is 17.5. The highest BCUT2D eigenvalue weighted by Gasteiger charge is 2.36. The van der Waals surface area contributed by atoms with E-state index in [1.807, 2.05) is 42.2 Å². The Bertz CT molecular complexity index is 1230. The van der Waals surface area contributed by atoms with Gasteiger partial charge in [-0.1, -0.05) is 24.3 Å². The molecule has 2 aromatic carbocycles. The van der Waals surface area contributed by atoms with Crippen molar-refractivity contribution in [1.82, 2.24) is 14.6 Å². The number of benzene rings is 2. The van der Waals surface area contributed by atoms with Crippen molar-refractivity contribution >= 4 is 32.5 Å². The molecule has 1 amide bonds. The summed E-state index contributed by atoms with van der Waals surface area (Å²) in [5, 5.41) is 4.35. The van der Waals surface area contributed by atoms with Crippen LogP contribution in [0.5, 0.6) is 0 Å². The lowest BCUT2D eigenvalue weighted by molar-refractivity contribution is 0.0674. The Labute approximate surface area is 175 Å². The van der Waals surface area contributed by atoms with E-state index in [0.717, 1.165) is 29.3 Å². The number of H-pyrrole nitrogens is 1. The second-order valence-corrected chi connectivity index (χ2v) is 9.83. The number of amides is 1. The van der Waals surface area contributed by atoms with Crippen LogP contribution < -0.4 is 10.0 Å². The second-order valence-electron chi connectivity index (χ2n) is 8.14. The van der Waals surface area contributed by atoms with Gasteiger partial charge in [-0.25, -0.2) is 8.42 Å². The number of para-hydroxylation sites is 1. The lowest BCUT2D eigenvalue weighted by Crippen LogP contribution is -2.52. The molecule has 2 aliphatic heterocycles. The van der Waals surface area contributed by atoms with Gasteiger partial charge >= 0.3 is 0 Å². The van der Waals surface area contributed by atoms with Crippen molar-refractivity contribution in [1.29, 1.82) is 0 Å². The molecule has 0 saturated carbocycles. The molecule has 1 aromatic heterocycles. The summed E-state index contributed by atoms with van der Waals surface area (Å²) in [7, 11) is -3.53. The SMILES string of the molecule is Cc1ccc2cc(C(=O)N3CCC(C4Nc5ccccc5S(=O)(=O)N4)CC3)[nH]c2c1. The maximum atomic E-state index is 13.0. The molecule has 1 unspecified atom stereocenters. The second kappa shape index (κ2) is 7.14. The Balaban J connectivity index is 1.28. The number of rotatable bonds is 2. The van der Waals surface area contributed by atoms with Crippen LogP contribution in [-0.4, -0.2) is 43.5 Å². The Morgan fingerprint density at radius 1 is 1.07 bits per heavy atom. The summed E-state index contributed by atoms with van der Waals surface area (Å²) in [6.07, 6.45) is 1.10. The van der Waals surface area contributed by atoms with E-state index in [0.29, 0.717) is 24.5 Å². The fraction of sp³-hybridized carbons (Fsp3) is 0.318. The molecule has 3 heterocycles. The van der Waals surface area contributed by atoms with Crippen LogP contribution in [0.25, 0.3) is 10.9 Å². The Morgan fingerprint density at radius 2 is 1.83 bits per heavy atom. The molecule has 2 aliphatic rings. The highest BCUT2D eigenvalue weighted by Crippen LogP contribution is 2.31. The standard InChI is InChI=1S/C22H24N4O3S/c1-14-6-7-16-13-19(23-18(16)12-14)22(27)26-10-8-15(9-11-26)21-24-17-4-2-3-5-20(17)30(28,29)25-21/h2-7,12-13,15,21,23-25H,8-11H2,1H3. The predicted molar refractivity (Wildman–Crippen MR) is 116 cm³/mol. The topological polar surface area (TPSA) is 94.3 Å². The van der Waals surface area contributed by atoms with Gasteiger partial charge in [0.1, 0.15) is 10.6 Å². The van der Waals surface area contributed by atoms with Gasteiger partial charge in [-0.05, 0) is 55.5 Å². The van der Waals surface area contributed by atoms with Gasteiger partial charge in [0.25, 0.3) is 5.91 Å². The van der Waals surface area contributed by atoms with E-state index in [1.54, 1.807) is 18.2 Å².